The molecule has 1 amide bonds. The first-order valence-electron chi connectivity index (χ1n) is 8.49. The van der Waals surface area contributed by atoms with Gasteiger partial charge in [-0.3, -0.25) is 4.79 Å². The van der Waals surface area contributed by atoms with E-state index in [1.807, 2.05) is 37.3 Å². The molecule has 24 heavy (non-hydrogen) atoms. The van der Waals surface area contributed by atoms with Gasteiger partial charge in [0.25, 0.3) is 0 Å². The number of fused-ring (bicyclic) bond motifs is 1. The summed E-state index contributed by atoms with van der Waals surface area (Å²) in [5, 5.41) is 3.04. The van der Waals surface area contributed by atoms with Gasteiger partial charge in [-0.1, -0.05) is 12.1 Å². The van der Waals surface area contributed by atoms with Crippen molar-refractivity contribution in [1.29, 1.82) is 0 Å². The first kappa shape index (κ1) is 16.4. The third-order valence-electron chi connectivity index (χ3n) is 4.94. The molecule has 1 atom stereocenters. The number of amides is 1. The van der Waals surface area contributed by atoms with Crippen molar-refractivity contribution < 1.29 is 4.79 Å². The van der Waals surface area contributed by atoms with Crippen LogP contribution < -0.4 is 16.0 Å². The Morgan fingerprint density at radius 2 is 2.00 bits per heavy atom. The summed E-state index contributed by atoms with van der Waals surface area (Å²) in [5.41, 5.74) is 12.4. The van der Waals surface area contributed by atoms with Gasteiger partial charge in [0.1, 0.15) is 6.04 Å². The lowest BCUT2D eigenvalue weighted by Crippen LogP contribution is -2.44. The molecule has 1 unspecified atom stereocenters. The molecule has 2 aromatic carbocycles. The van der Waals surface area contributed by atoms with Crippen molar-refractivity contribution in [2.24, 2.45) is 0 Å². The van der Waals surface area contributed by atoms with Crippen molar-refractivity contribution in [3.8, 4) is 0 Å². The number of nitrogens with one attached hydrogen (secondary N) is 1. The summed E-state index contributed by atoms with van der Waals surface area (Å²) >= 11 is 0. The van der Waals surface area contributed by atoms with Gasteiger partial charge in [-0.05, 0) is 74.6 Å². The van der Waals surface area contributed by atoms with E-state index in [-0.39, 0.29) is 11.9 Å². The maximum atomic E-state index is 12.7. The number of anilines is 3. The third-order valence-corrected chi connectivity index (χ3v) is 4.94. The van der Waals surface area contributed by atoms with E-state index in [0.717, 1.165) is 42.0 Å². The molecule has 2 aromatic rings. The number of hydrogen-bond donors (Lipinski definition) is 2. The van der Waals surface area contributed by atoms with Gasteiger partial charge in [0.2, 0.25) is 5.91 Å². The van der Waals surface area contributed by atoms with E-state index in [9.17, 15) is 4.79 Å². The molecule has 3 N–H and O–H groups in total. The fourth-order valence-electron chi connectivity index (χ4n) is 3.29. The average Bonchev–Trinajstić information content (AvgIpc) is 2.57. The van der Waals surface area contributed by atoms with Gasteiger partial charge >= 0.3 is 0 Å². The number of carbonyl (C=O) groups excluding carboxylic acids is 1. The van der Waals surface area contributed by atoms with Crippen LogP contribution >= 0.6 is 0 Å². The van der Waals surface area contributed by atoms with E-state index in [4.69, 9.17) is 5.73 Å². The van der Waals surface area contributed by atoms with Gasteiger partial charge in [0.05, 0.1) is 0 Å². The van der Waals surface area contributed by atoms with E-state index >= 15 is 0 Å². The Kier molecular flexibility index (Phi) is 4.47. The fraction of sp³-hybridized carbons (Fsp3) is 0.350. The Balaban J connectivity index is 1.79. The van der Waals surface area contributed by atoms with Crippen LogP contribution in [0.15, 0.2) is 36.4 Å². The summed E-state index contributed by atoms with van der Waals surface area (Å²) in [6.07, 6.45) is 1.99. The Hall–Kier alpha value is -2.49. The monoisotopic (exact) mass is 323 g/mol. The second kappa shape index (κ2) is 6.56. The highest BCUT2D eigenvalue weighted by Crippen LogP contribution is 2.32. The second-order valence-electron chi connectivity index (χ2n) is 6.61. The molecule has 0 spiro atoms. The first-order chi connectivity index (χ1) is 11.5. The molecule has 4 heteroatoms. The lowest BCUT2D eigenvalue weighted by Gasteiger charge is -2.36. The minimum absolute atomic E-state index is 0.00790. The first-order valence-corrected chi connectivity index (χ1v) is 8.49. The minimum Gasteiger partial charge on any atom is -0.398 e. The van der Waals surface area contributed by atoms with E-state index < -0.39 is 0 Å². The average molecular weight is 323 g/mol. The van der Waals surface area contributed by atoms with Crippen LogP contribution in [-0.2, 0) is 11.2 Å². The number of aryl methyl sites for hydroxylation is 2. The summed E-state index contributed by atoms with van der Waals surface area (Å²) in [6, 6.07) is 11.7. The van der Waals surface area contributed by atoms with Crippen LogP contribution in [0, 0.1) is 13.8 Å². The molecule has 4 nitrogen and oxygen atoms in total. The maximum Gasteiger partial charge on any atom is 0.246 e. The normalized spacial score (nSPS) is 14.9. The van der Waals surface area contributed by atoms with Crippen LogP contribution in [0.25, 0.3) is 0 Å². The van der Waals surface area contributed by atoms with E-state index in [0.29, 0.717) is 0 Å². The van der Waals surface area contributed by atoms with Crippen molar-refractivity contribution in [1.82, 2.24) is 0 Å². The quantitative estimate of drug-likeness (QED) is 0.847. The molecule has 0 aromatic heterocycles. The van der Waals surface area contributed by atoms with Crippen LogP contribution in [0.1, 0.15) is 30.0 Å². The van der Waals surface area contributed by atoms with Crippen LogP contribution in [0.3, 0.4) is 0 Å². The molecule has 1 aliphatic heterocycles. The van der Waals surface area contributed by atoms with Crippen LogP contribution in [0.2, 0.25) is 0 Å². The van der Waals surface area contributed by atoms with Gasteiger partial charge in [-0.15, -0.1) is 0 Å². The highest BCUT2D eigenvalue weighted by molar-refractivity contribution is 5.97. The Morgan fingerprint density at radius 1 is 1.21 bits per heavy atom. The zero-order valence-electron chi connectivity index (χ0n) is 14.6. The van der Waals surface area contributed by atoms with Crippen LogP contribution in [-0.4, -0.2) is 18.5 Å². The summed E-state index contributed by atoms with van der Waals surface area (Å²) in [5.74, 6) is 0.00790. The lowest BCUT2D eigenvalue weighted by molar-refractivity contribution is -0.117. The van der Waals surface area contributed by atoms with Crippen molar-refractivity contribution in [3.63, 3.8) is 0 Å². The summed E-state index contributed by atoms with van der Waals surface area (Å²) in [7, 11) is 0. The molecule has 3 rings (SSSR count). The van der Waals surface area contributed by atoms with E-state index in [1.165, 1.54) is 11.1 Å². The van der Waals surface area contributed by atoms with Gasteiger partial charge in [-0.25, -0.2) is 0 Å². The minimum atomic E-state index is -0.243. The third kappa shape index (κ3) is 3.09. The number of benzene rings is 2. The molecule has 1 heterocycles. The Morgan fingerprint density at radius 3 is 2.75 bits per heavy atom. The Bertz CT molecular complexity index is 769. The highest BCUT2D eigenvalue weighted by Gasteiger charge is 2.26. The predicted molar refractivity (Wildman–Crippen MR) is 101 cm³/mol. The molecule has 0 fully saturated rings. The summed E-state index contributed by atoms with van der Waals surface area (Å²) in [4.78, 5) is 14.9. The predicted octanol–water partition coefficient (Wildman–Crippen LogP) is 3.67. The van der Waals surface area contributed by atoms with Crippen LogP contribution in [0.4, 0.5) is 17.1 Å². The molecular weight excluding hydrogens is 298 g/mol. The van der Waals surface area contributed by atoms with Gasteiger partial charge in [-0.2, -0.15) is 0 Å². The highest BCUT2D eigenvalue weighted by atomic mass is 16.2. The fourth-order valence-corrected chi connectivity index (χ4v) is 3.29. The summed E-state index contributed by atoms with van der Waals surface area (Å²) < 4.78 is 0. The molecule has 0 bridgehead atoms. The van der Waals surface area contributed by atoms with E-state index in [1.54, 1.807) is 0 Å². The Labute approximate surface area is 143 Å². The number of nitrogen functional groups attached to an aromatic ring is 1. The van der Waals surface area contributed by atoms with E-state index in [2.05, 4.69) is 30.1 Å². The van der Waals surface area contributed by atoms with Gasteiger partial charge in [0.15, 0.2) is 0 Å². The zero-order valence-corrected chi connectivity index (χ0v) is 14.6. The van der Waals surface area contributed by atoms with Crippen molar-refractivity contribution in [2.75, 3.05) is 22.5 Å². The lowest BCUT2D eigenvalue weighted by atomic mass is 9.98. The zero-order chi connectivity index (χ0) is 17.3. The van der Waals surface area contributed by atoms with Gasteiger partial charge < -0.3 is 16.0 Å². The SMILES string of the molecule is Cc1ccc(NC(=O)C(C)N2CCCc3c(N)cccc32)cc1C. The number of nitrogens with two attached hydrogens (primary N) is 1. The largest absolute Gasteiger partial charge is 0.398 e. The number of nitrogens with zero attached hydrogens (tertiary/aromatic N) is 1. The summed E-state index contributed by atoms with van der Waals surface area (Å²) in [6.45, 7) is 6.95. The molecule has 0 radical (unpaired) electrons. The van der Waals surface area contributed by atoms with Crippen molar-refractivity contribution in [2.45, 2.75) is 39.7 Å². The van der Waals surface area contributed by atoms with Gasteiger partial charge in [0, 0.05) is 23.6 Å². The number of hydrogen-bond acceptors (Lipinski definition) is 3. The maximum absolute atomic E-state index is 12.7. The second-order valence-corrected chi connectivity index (χ2v) is 6.61. The molecule has 0 saturated heterocycles. The van der Waals surface area contributed by atoms with Crippen molar-refractivity contribution >= 4 is 23.0 Å². The van der Waals surface area contributed by atoms with Crippen LogP contribution in [0.5, 0.6) is 0 Å². The molecule has 0 saturated carbocycles. The standard InChI is InChI=1S/C20H25N3O/c1-13-9-10-16(12-14(13)2)22-20(24)15(3)23-11-5-6-17-18(21)7-4-8-19(17)23/h4,7-10,12,15H,5-6,11,21H2,1-3H3,(H,22,24). The topological polar surface area (TPSA) is 58.4 Å². The number of carbonyl (C=O) groups is 1. The molecular formula is C20H25N3O. The van der Waals surface area contributed by atoms with Crippen molar-refractivity contribution in [3.05, 3.63) is 53.1 Å². The molecule has 0 aliphatic carbocycles. The smallest absolute Gasteiger partial charge is 0.246 e. The molecule has 126 valence electrons. The molecule has 1 aliphatic rings. The number of rotatable bonds is 3.